The Morgan fingerprint density at radius 3 is 2.66 bits per heavy atom. The van der Waals surface area contributed by atoms with Gasteiger partial charge in [-0.3, -0.25) is 4.79 Å². The second kappa shape index (κ2) is 10.3. The predicted octanol–water partition coefficient (Wildman–Crippen LogP) is 0.605. The van der Waals surface area contributed by atoms with Crippen LogP contribution in [0.1, 0.15) is 36.2 Å². The molecule has 2 saturated heterocycles. The molecule has 0 radical (unpaired) electrons. The van der Waals surface area contributed by atoms with E-state index in [0.717, 1.165) is 57.9 Å². The third kappa shape index (κ3) is 5.39. The van der Waals surface area contributed by atoms with Crippen molar-refractivity contribution < 1.29 is 14.3 Å². The number of carbonyl (C=O) groups excluding carboxylic acids is 1. The highest BCUT2D eigenvalue weighted by atomic mass is 16.5. The van der Waals surface area contributed by atoms with Crippen molar-refractivity contribution in [3.63, 3.8) is 0 Å². The van der Waals surface area contributed by atoms with Crippen LogP contribution >= 0.6 is 0 Å². The van der Waals surface area contributed by atoms with Crippen molar-refractivity contribution in [1.29, 1.82) is 0 Å². The predicted molar refractivity (Wildman–Crippen MR) is 125 cm³/mol. The molecule has 1 N–H and O–H groups in total. The van der Waals surface area contributed by atoms with Crippen molar-refractivity contribution in [3.8, 4) is 17.4 Å². The molecule has 2 fully saturated rings. The fourth-order valence-electron chi connectivity index (χ4n) is 4.39. The summed E-state index contributed by atoms with van der Waals surface area (Å²) in [7, 11) is 3.68. The van der Waals surface area contributed by atoms with Gasteiger partial charge in [0.2, 0.25) is 11.8 Å². The van der Waals surface area contributed by atoms with Crippen LogP contribution in [-0.2, 0) is 18.8 Å². The SMILES string of the molecule is Cn1cncc1-c1nc(OCC2CCOCC2)cc(C(=O)NC2CCN(c3nnnn3C)CC2)n1. The van der Waals surface area contributed by atoms with Gasteiger partial charge in [-0.2, -0.15) is 4.98 Å². The zero-order chi connectivity index (χ0) is 24.2. The van der Waals surface area contributed by atoms with E-state index in [4.69, 9.17) is 9.47 Å². The first kappa shape index (κ1) is 23.1. The molecule has 0 aromatic carbocycles. The molecule has 3 aromatic rings. The quantitative estimate of drug-likeness (QED) is 0.509. The molecule has 0 aliphatic carbocycles. The molecular formula is C22H30N10O3. The monoisotopic (exact) mass is 482 g/mol. The Morgan fingerprint density at radius 2 is 1.97 bits per heavy atom. The van der Waals surface area contributed by atoms with Crippen molar-refractivity contribution in [2.45, 2.75) is 31.7 Å². The first-order chi connectivity index (χ1) is 17.1. The number of piperidine rings is 1. The molecule has 5 heterocycles. The number of rotatable bonds is 7. The van der Waals surface area contributed by atoms with Crippen molar-refractivity contribution in [2.24, 2.45) is 20.0 Å². The van der Waals surface area contributed by atoms with Gasteiger partial charge in [-0.05, 0) is 42.0 Å². The molecule has 1 amide bonds. The maximum Gasteiger partial charge on any atom is 0.270 e. The topological polar surface area (TPSA) is 138 Å². The van der Waals surface area contributed by atoms with Crippen LogP contribution in [-0.4, -0.2) is 84.6 Å². The number of hydrogen-bond acceptors (Lipinski definition) is 10. The van der Waals surface area contributed by atoms with Crippen LogP contribution in [0.4, 0.5) is 5.95 Å². The number of hydrogen-bond donors (Lipinski definition) is 1. The lowest BCUT2D eigenvalue weighted by molar-refractivity contribution is 0.0490. The Labute approximate surface area is 202 Å². The summed E-state index contributed by atoms with van der Waals surface area (Å²) in [5, 5.41) is 14.8. The molecule has 2 aliphatic heterocycles. The van der Waals surface area contributed by atoms with E-state index in [1.807, 2.05) is 18.7 Å². The largest absolute Gasteiger partial charge is 0.477 e. The number of tetrazole rings is 1. The summed E-state index contributed by atoms with van der Waals surface area (Å²) in [5.74, 6) is 1.69. The number of carbonyl (C=O) groups is 1. The van der Waals surface area contributed by atoms with Gasteiger partial charge in [-0.1, -0.05) is 5.10 Å². The van der Waals surface area contributed by atoms with Crippen LogP contribution in [0.2, 0.25) is 0 Å². The second-order valence-corrected chi connectivity index (χ2v) is 9.01. The number of anilines is 1. The summed E-state index contributed by atoms with van der Waals surface area (Å²) in [5.41, 5.74) is 0.985. The average molecular weight is 483 g/mol. The van der Waals surface area contributed by atoms with Crippen LogP contribution < -0.4 is 15.0 Å². The first-order valence-electron chi connectivity index (χ1n) is 11.9. The molecule has 0 atom stereocenters. The summed E-state index contributed by atoms with van der Waals surface area (Å²) in [6, 6.07) is 1.65. The van der Waals surface area contributed by atoms with Gasteiger partial charge in [0.1, 0.15) is 11.4 Å². The van der Waals surface area contributed by atoms with Crippen LogP contribution in [0.5, 0.6) is 5.88 Å². The van der Waals surface area contributed by atoms with E-state index in [-0.39, 0.29) is 17.6 Å². The minimum atomic E-state index is -0.245. The standard InChI is InChI=1S/C22H30N10O3/c1-30-14-23-12-18(30)20-25-17(11-19(26-20)35-13-15-5-9-34-10-6-15)21(33)24-16-3-7-32(8-4-16)22-27-28-29-31(22)2/h11-12,14-16H,3-10,13H2,1-2H3,(H,24,33). The number of aryl methyl sites for hydroxylation is 2. The molecule has 0 unspecified atom stereocenters. The Kier molecular flexibility index (Phi) is 6.84. The van der Waals surface area contributed by atoms with Crippen LogP contribution in [0.3, 0.4) is 0 Å². The third-order valence-corrected chi connectivity index (χ3v) is 6.50. The van der Waals surface area contributed by atoms with Crippen molar-refractivity contribution in [1.82, 2.24) is 45.0 Å². The average Bonchev–Trinajstić information content (AvgIpc) is 3.51. The fourth-order valence-corrected chi connectivity index (χ4v) is 4.39. The smallest absolute Gasteiger partial charge is 0.270 e. The van der Waals surface area contributed by atoms with Crippen molar-refractivity contribution in [2.75, 3.05) is 37.8 Å². The maximum atomic E-state index is 13.2. The number of nitrogens with one attached hydrogen (secondary N) is 1. The molecule has 35 heavy (non-hydrogen) atoms. The third-order valence-electron chi connectivity index (χ3n) is 6.50. The number of imidazole rings is 1. The zero-order valence-electron chi connectivity index (χ0n) is 20.0. The van der Waals surface area contributed by atoms with E-state index < -0.39 is 0 Å². The van der Waals surface area contributed by atoms with Crippen LogP contribution in [0, 0.1) is 5.92 Å². The number of ether oxygens (including phenoxy) is 2. The summed E-state index contributed by atoms with van der Waals surface area (Å²) in [6.07, 6.45) is 6.83. The van der Waals surface area contributed by atoms with Gasteiger partial charge >= 0.3 is 0 Å². The molecule has 0 saturated carbocycles. The van der Waals surface area contributed by atoms with Gasteiger partial charge in [0.15, 0.2) is 5.82 Å². The normalized spacial score (nSPS) is 17.5. The summed E-state index contributed by atoms with van der Waals surface area (Å²) in [4.78, 5) is 28.6. The number of amides is 1. The van der Waals surface area contributed by atoms with Gasteiger partial charge in [-0.25, -0.2) is 14.6 Å². The van der Waals surface area contributed by atoms with Crippen LogP contribution in [0.25, 0.3) is 11.5 Å². The van der Waals surface area contributed by atoms with Crippen molar-refractivity contribution >= 4 is 11.9 Å². The number of aromatic nitrogens is 8. The highest BCUT2D eigenvalue weighted by Gasteiger charge is 2.25. The van der Waals surface area contributed by atoms with E-state index in [0.29, 0.717) is 29.9 Å². The highest BCUT2D eigenvalue weighted by Crippen LogP contribution is 2.22. The molecular weight excluding hydrogens is 452 g/mol. The highest BCUT2D eigenvalue weighted by molar-refractivity contribution is 5.93. The fraction of sp³-hybridized carbons (Fsp3) is 0.591. The molecule has 0 bridgehead atoms. The van der Waals surface area contributed by atoms with Gasteiger partial charge in [0.05, 0.1) is 19.1 Å². The lowest BCUT2D eigenvalue weighted by Gasteiger charge is -2.32. The number of nitrogens with zero attached hydrogens (tertiary/aromatic N) is 9. The molecule has 186 valence electrons. The maximum absolute atomic E-state index is 13.2. The Hall–Kier alpha value is -3.61. The minimum absolute atomic E-state index is 0.0293. The zero-order valence-corrected chi connectivity index (χ0v) is 20.0. The Bertz CT molecular complexity index is 1150. The van der Waals surface area contributed by atoms with E-state index in [1.54, 1.807) is 23.3 Å². The van der Waals surface area contributed by atoms with Crippen LogP contribution in [0.15, 0.2) is 18.6 Å². The molecule has 0 spiro atoms. The minimum Gasteiger partial charge on any atom is -0.477 e. The Morgan fingerprint density at radius 1 is 1.17 bits per heavy atom. The first-order valence-corrected chi connectivity index (χ1v) is 11.9. The molecule has 5 rings (SSSR count). The van der Waals surface area contributed by atoms with E-state index in [2.05, 4.69) is 40.7 Å². The van der Waals surface area contributed by atoms with Gasteiger partial charge < -0.3 is 24.3 Å². The summed E-state index contributed by atoms with van der Waals surface area (Å²) in [6.45, 7) is 3.53. The molecule has 13 nitrogen and oxygen atoms in total. The summed E-state index contributed by atoms with van der Waals surface area (Å²) < 4.78 is 14.9. The van der Waals surface area contributed by atoms with Crippen molar-refractivity contribution in [3.05, 3.63) is 24.3 Å². The molecule has 2 aliphatic rings. The van der Waals surface area contributed by atoms with E-state index >= 15 is 0 Å². The molecule has 3 aromatic heterocycles. The lowest BCUT2D eigenvalue weighted by atomic mass is 10.0. The van der Waals surface area contributed by atoms with E-state index in [1.165, 1.54) is 0 Å². The van der Waals surface area contributed by atoms with Gasteiger partial charge in [0.25, 0.3) is 5.91 Å². The lowest BCUT2D eigenvalue weighted by Crippen LogP contribution is -2.45. The second-order valence-electron chi connectivity index (χ2n) is 9.01. The summed E-state index contributed by atoms with van der Waals surface area (Å²) >= 11 is 0. The Balaban J connectivity index is 1.28. The van der Waals surface area contributed by atoms with E-state index in [9.17, 15) is 4.79 Å². The van der Waals surface area contributed by atoms with Gasteiger partial charge in [-0.15, -0.1) is 0 Å². The van der Waals surface area contributed by atoms with Gasteiger partial charge in [0, 0.05) is 52.5 Å². The molecule has 13 heteroatoms.